The highest BCUT2D eigenvalue weighted by atomic mass is 32.2. The maximum atomic E-state index is 12.4. The Morgan fingerprint density at radius 2 is 1.10 bits per heavy atom. The predicted molar refractivity (Wildman–Crippen MR) is 162 cm³/mol. The minimum Gasteiger partial charge on any atom is -0.387 e. The van der Waals surface area contributed by atoms with Gasteiger partial charge >= 0.3 is 0 Å². The molecule has 0 rings (SSSR count). The minimum atomic E-state index is -4.42. The molecule has 0 aromatic carbocycles. The van der Waals surface area contributed by atoms with Crippen LogP contribution < -0.4 is 5.32 Å². The topological polar surface area (TPSA) is 124 Å². The summed E-state index contributed by atoms with van der Waals surface area (Å²) >= 11 is 0. The molecule has 1 amide bonds. The third kappa shape index (κ3) is 25.7. The van der Waals surface area contributed by atoms with E-state index >= 15 is 0 Å². The van der Waals surface area contributed by atoms with Gasteiger partial charge in [0.15, 0.2) is 0 Å². The first kappa shape index (κ1) is 38.0. The second-order valence-corrected chi connectivity index (χ2v) is 12.7. The molecule has 0 aliphatic heterocycles. The molecule has 0 radical (unpaired) electrons. The van der Waals surface area contributed by atoms with Gasteiger partial charge in [-0.25, -0.2) is 0 Å². The number of nitrogens with one attached hydrogen (secondary N) is 1. The fourth-order valence-electron chi connectivity index (χ4n) is 4.81. The van der Waals surface area contributed by atoms with E-state index in [2.05, 4.69) is 19.2 Å². The Morgan fingerprint density at radius 3 is 1.54 bits per heavy atom. The van der Waals surface area contributed by atoms with Crippen LogP contribution in [0.25, 0.3) is 0 Å². The molecule has 0 aliphatic carbocycles. The summed E-state index contributed by atoms with van der Waals surface area (Å²) in [4.78, 5) is 12.4. The normalized spacial score (nSPS) is 14.5. The van der Waals surface area contributed by atoms with Crippen molar-refractivity contribution in [2.75, 3.05) is 5.75 Å². The van der Waals surface area contributed by atoms with Crippen LogP contribution in [0.3, 0.4) is 0 Å². The molecular weight excluding hydrogens is 514 g/mol. The number of carbonyl (C=O) groups is 1. The van der Waals surface area contributed by atoms with Crippen LogP contribution in [0.1, 0.15) is 155 Å². The van der Waals surface area contributed by atoms with Crippen LogP contribution in [0.2, 0.25) is 0 Å². The van der Waals surface area contributed by atoms with E-state index in [1.807, 2.05) is 0 Å². The highest BCUT2D eigenvalue weighted by Gasteiger charge is 2.27. The average molecular weight is 576 g/mol. The van der Waals surface area contributed by atoms with Crippen LogP contribution in [0.4, 0.5) is 0 Å². The Bertz CT molecular complexity index is 697. The van der Waals surface area contributed by atoms with E-state index < -0.39 is 40.0 Å². The second kappa shape index (κ2) is 26.0. The van der Waals surface area contributed by atoms with Crippen molar-refractivity contribution in [2.24, 2.45) is 0 Å². The maximum absolute atomic E-state index is 12.4. The number of amides is 1. The quantitative estimate of drug-likeness (QED) is 0.0442. The van der Waals surface area contributed by atoms with Gasteiger partial charge in [-0.05, 0) is 19.3 Å². The molecule has 0 fully saturated rings. The summed E-state index contributed by atoms with van der Waals surface area (Å²) in [5.74, 6) is -1.53. The first-order valence-electron chi connectivity index (χ1n) is 16.0. The van der Waals surface area contributed by atoms with E-state index in [4.69, 9.17) is 0 Å². The zero-order valence-corrected chi connectivity index (χ0v) is 25.9. The smallest absolute Gasteiger partial charge is 0.267 e. The molecule has 4 N–H and O–H groups in total. The van der Waals surface area contributed by atoms with E-state index in [-0.39, 0.29) is 6.42 Å². The summed E-state index contributed by atoms with van der Waals surface area (Å²) in [5.41, 5.74) is 0. The molecular formula is C31H61NO6S. The number of carbonyl (C=O) groups excluding carboxylic acids is 1. The molecule has 0 bridgehead atoms. The molecule has 0 saturated carbocycles. The van der Waals surface area contributed by atoms with Crippen molar-refractivity contribution < 1.29 is 28.0 Å². The molecule has 0 aromatic rings. The Morgan fingerprint density at radius 1 is 0.692 bits per heavy atom. The zero-order chi connectivity index (χ0) is 29.2. The predicted octanol–water partition coefficient (Wildman–Crippen LogP) is 7.26. The van der Waals surface area contributed by atoms with Crippen molar-refractivity contribution in [1.82, 2.24) is 5.32 Å². The monoisotopic (exact) mass is 575 g/mol. The van der Waals surface area contributed by atoms with Crippen LogP contribution in [-0.4, -0.2) is 53.1 Å². The van der Waals surface area contributed by atoms with Gasteiger partial charge in [-0.2, -0.15) is 8.42 Å². The van der Waals surface area contributed by atoms with Gasteiger partial charge in [0.25, 0.3) is 10.1 Å². The first-order chi connectivity index (χ1) is 18.7. The van der Waals surface area contributed by atoms with Crippen molar-refractivity contribution in [3.8, 4) is 0 Å². The summed E-state index contributed by atoms with van der Waals surface area (Å²) < 4.78 is 32.1. The Kier molecular flexibility index (Phi) is 25.3. The number of hydrogen-bond acceptors (Lipinski definition) is 5. The molecule has 3 unspecified atom stereocenters. The van der Waals surface area contributed by atoms with E-state index in [1.54, 1.807) is 6.08 Å². The van der Waals surface area contributed by atoms with Crippen LogP contribution in [-0.2, 0) is 14.9 Å². The Hall–Kier alpha value is -0.960. The van der Waals surface area contributed by atoms with Crippen molar-refractivity contribution in [3.05, 3.63) is 12.2 Å². The van der Waals surface area contributed by atoms with Gasteiger partial charge in [-0.15, -0.1) is 0 Å². The Balaban J connectivity index is 4.18. The maximum Gasteiger partial charge on any atom is 0.267 e. The number of aliphatic hydroxyl groups excluding tert-OH is 2. The molecule has 232 valence electrons. The number of rotatable bonds is 28. The highest BCUT2D eigenvalue weighted by Crippen LogP contribution is 2.14. The van der Waals surface area contributed by atoms with E-state index in [0.29, 0.717) is 6.42 Å². The second-order valence-electron chi connectivity index (χ2n) is 11.2. The van der Waals surface area contributed by atoms with Crippen LogP contribution in [0.5, 0.6) is 0 Å². The van der Waals surface area contributed by atoms with Crippen LogP contribution in [0, 0.1) is 0 Å². The van der Waals surface area contributed by atoms with E-state index in [0.717, 1.165) is 38.5 Å². The standard InChI is InChI=1S/C31H61NO6S/c1-3-5-7-9-11-13-14-15-16-18-20-22-24-26-30(34)31(35)32-28(27-39(36,37)38)29(33)25-23-21-19-17-12-10-8-6-4-2/h23,25,28-30,33-34H,3-22,24,26-27H2,1-2H3,(H,32,35)(H,36,37,38)/b25-23+. The fraction of sp³-hybridized carbons (Fsp3) is 0.903. The lowest BCUT2D eigenvalue weighted by Crippen LogP contribution is -2.50. The summed E-state index contributed by atoms with van der Waals surface area (Å²) in [7, 11) is -4.42. The highest BCUT2D eigenvalue weighted by molar-refractivity contribution is 7.85. The lowest BCUT2D eigenvalue weighted by molar-refractivity contribution is -0.130. The summed E-state index contributed by atoms with van der Waals surface area (Å²) in [6.45, 7) is 4.43. The van der Waals surface area contributed by atoms with Gasteiger partial charge in [-0.1, -0.05) is 148 Å². The lowest BCUT2D eigenvalue weighted by atomic mass is 10.0. The molecule has 3 atom stereocenters. The molecule has 0 heterocycles. The molecule has 0 aromatic heterocycles. The summed E-state index contributed by atoms with van der Waals surface area (Å²) in [6.07, 6.45) is 25.6. The summed E-state index contributed by atoms with van der Waals surface area (Å²) in [6, 6.07) is -1.22. The molecule has 0 saturated heterocycles. The first-order valence-corrected chi connectivity index (χ1v) is 17.6. The zero-order valence-electron chi connectivity index (χ0n) is 25.1. The third-order valence-electron chi connectivity index (χ3n) is 7.32. The van der Waals surface area contributed by atoms with Crippen molar-refractivity contribution in [2.45, 2.75) is 173 Å². The number of allylic oxidation sites excluding steroid dienone is 1. The molecule has 8 heteroatoms. The summed E-state index contributed by atoms with van der Waals surface area (Å²) in [5, 5.41) is 23.1. The largest absolute Gasteiger partial charge is 0.387 e. The number of aliphatic hydroxyl groups is 2. The molecule has 0 spiro atoms. The Labute approximate surface area is 240 Å². The number of unbranched alkanes of at least 4 members (excludes halogenated alkanes) is 19. The van der Waals surface area contributed by atoms with Crippen molar-refractivity contribution >= 4 is 16.0 Å². The fourth-order valence-corrected chi connectivity index (χ4v) is 5.54. The SMILES string of the molecule is CCCCCCCCC/C=C/C(O)C(CS(=O)(=O)O)NC(=O)C(O)CCCCCCCCCCCCCCC. The van der Waals surface area contributed by atoms with Gasteiger partial charge < -0.3 is 15.5 Å². The van der Waals surface area contributed by atoms with E-state index in [9.17, 15) is 28.0 Å². The van der Waals surface area contributed by atoms with Crippen molar-refractivity contribution in [1.29, 1.82) is 0 Å². The van der Waals surface area contributed by atoms with Crippen LogP contribution in [0.15, 0.2) is 12.2 Å². The number of hydrogen-bond donors (Lipinski definition) is 4. The van der Waals surface area contributed by atoms with Gasteiger partial charge in [0.05, 0.1) is 17.9 Å². The molecule has 7 nitrogen and oxygen atoms in total. The van der Waals surface area contributed by atoms with E-state index in [1.165, 1.54) is 96.0 Å². The molecule has 39 heavy (non-hydrogen) atoms. The third-order valence-corrected chi connectivity index (χ3v) is 8.10. The van der Waals surface area contributed by atoms with Gasteiger partial charge in [0, 0.05) is 0 Å². The van der Waals surface area contributed by atoms with Gasteiger partial charge in [0.2, 0.25) is 5.91 Å². The van der Waals surface area contributed by atoms with Gasteiger partial charge in [0.1, 0.15) is 6.10 Å². The average Bonchev–Trinajstić information content (AvgIpc) is 2.88. The lowest BCUT2D eigenvalue weighted by Gasteiger charge is -2.22. The van der Waals surface area contributed by atoms with Gasteiger partial charge in [-0.3, -0.25) is 9.35 Å². The minimum absolute atomic E-state index is 0.284. The molecule has 0 aliphatic rings. The van der Waals surface area contributed by atoms with Crippen molar-refractivity contribution in [3.63, 3.8) is 0 Å². The van der Waals surface area contributed by atoms with Crippen LogP contribution >= 0.6 is 0 Å².